The van der Waals surface area contributed by atoms with Crippen LogP contribution in [0.2, 0.25) is 10.0 Å². The van der Waals surface area contributed by atoms with Crippen molar-refractivity contribution in [2.75, 3.05) is 7.05 Å². The fraction of sp³-hybridized carbons (Fsp3) is 0.0800. The van der Waals surface area contributed by atoms with Crippen LogP contribution >= 0.6 is 50.9 Å². The van der Waals surface area contributed by atoms with Gasteiger partial charge in [0, 0.05) is 32.7 Å². The molecule has 1 aliphatic rings. The minimum atomic E-state index is -1.01. The van der Waals surface area contributed by atoms with Crippen LogP contribution in [0.3, 0.4) is 0 Å². The maximum absolute atomic E-state index is 12.9. The summed E-state index contributed by atoms with van der Waals surface area (Å²) >= 11 is 16.9. The summed E-state index contributed by atoms with van der Waals surface area (Å²) in [4.78, 5) is 30.4. The van der Waals surface area contributed by atoms with Gasteiger partial charge >= 0.3 is 5.97 Å². The topological polar surface area (TPSA) is 79.2 Å². The van der Waals surface area contributed by atoms with Crippen molar-refractivity contribution in [2.24, 2.45) is 4.99 Å². The largest absolute Gasteiger partial charge is 0.488 e. The van der Waals surface area contributed by atoms with Crippen LogP contribution < -0.4 is 4.74 Å². The van der Waals surface area contributed by atoms with Crippen molar-refractivity contribution in [1.82, 2.24) is 4.90 Å². The molecule has 35 heavy (non-hydrogen) atoms. The lowest BCUT2D eigenvalue weighted by Gasteiger charge is -2.11. The molecule has 0 bridgehead atoms. The fourth-order valence-electron chi connectivity index (χ4n) is 3.14. The van der Waals surface area contributed by atoms with Gasteiger partial charge in [0.05, 0.1) is 16.2 Å². The molecule has 1 amide bonds. The molecule has 0 radical (unpaired) electrons. The number of carboxylic acids is 1. The molecule has 0 aromatic heterocycles. The molecule has 1 heterocycles. The summed E-state index contributed by atoms with van der Waals surface area (Å²) in [5.74, 6) is -0.637. The Morgan fingerprint density at radius 2 is 1.89 bits per heavy atom. The molecule has 1 N–H and O–H groups in total. The lowest BCUT2D eigenvalue weighted by Crippen LogP contribution is -2.23. The average Bonchev–Trinajstić information content (AvgIpc) is 3.07. The minimum Gasteiger partial charge on any atom is -0.488 e. The van der Waals surface area contributed by atoms with Gasteiger partial charge in [-0.25, -0.2) is 9.79 Å². The predicted molar refractivity (Wildman–Crippen MR) is 144 cm³/mol. The number of carbonyl (C=O) groups excluding carboxylic acids is 1. The van der Waals surface area contributed by atoms with Crippen molar-refractivity contribution < 1.29 is 19.4 Å². The van der Waals surface area contributed by atoms with E-state index in [0.717, 1.165) is 10.0 Å². The first-order valence-corrected chi connectivity index (χ1v) is 12.5. The molecular weight excluding hydrogens is 575 g/mol. The maximum Gasteiger partial charge on any atom is 0.335 e. The zero-order valence-electron chi connectivity index (χ0n) is 18.2. The second-order valence-electron chi connectivity index (χ2n) is 7.43. The molecule has 0 aliphatic carbocycles. The first kappa shape index (κ1) is 25.3. The van der Waals surface area contributed by atoms with E-state index in [4.69, 9.17) is 33.0 Å². The second-order valence-corrected chi connectivity index (χ2v) is 10.2. The highest BCUT2D eigenvalue weighted by Gasteiger charge is 2.30. The standard InChI is InChI=1S/C25H17BrCl2N2O4S/c1-30-23(31)22(35-25(30)29-19-7-3-14(4-8-19)24(32)33)11-16-10-17(26)5-9-21(16)34-13-15-2-6-18(27)12-20(15)28/h2-12H,13H2,1H3,(H,32,33)/b22-11+,29-25?. The molecule has 6 nitrogen and oxygen atoms in total. The van der Waals surface area contributed by atoms with Crippen LogP contribution in [0.25, 0.3) is 6.08 Å². The van der Waals surface area contributed by atoms with E-state index in [1.54, 1.807) is 43.5 Å². The third-order valence-electron chi connectivity index (χ3n) is 5.00. The summed E-state index contributed by atoms with van der Waals surface area (Å²) in [6.45, 7) is 0.230. The van der Waals surface area contributed by atoms with Crippen LogP contribution in [0.5, 0.6) is 5.75 Å². The number of nitrogens with zero attached hydrogens (tertiary/aromatic N) is 2. The molecule has 1 aliphatic heterocycles. The van der Waals surface area contributed by atoms with Crippen LogP contribution in [0.4, 0.5) is 5.69 Å². The molecule has 0 atom stereocenters. The van der Waals surface area contributed by atoms with E-state index in [-0.39, 0.29) is 18.1 Å². The summed E-state index contributed by atoms with van der Waals surface area (Å²) in [6, 6.07) is 16.9. The number of aromatic carboxylic acids is 1. The lowest BCUT2D eigenvalue weighted by molar-refractivity contribution is -0.121. The Labute approximate surface area is 224 Å². The summed E-state index contributed by atoms with van der Waals surface area (Å²) in [7, 11) is 1.64. The Morgan fingerprint density at radius 3 is 2.57 bits per heavy atom. The van der Waals surface area contributed by atoms with Gasteiger partial charge in [-0.3, -0.25) is 9.69 Å². The number of hydrogen-bond acceptors (Lipinski definition) is 5. The van der Waals surface area contributed by atoms with Gasteiger partial charge in [0.1, 0.15) is 12.4 Å². The van der Waals surface area contributed by atoms with E-state index < -0.39 is 5.97 Å². The quantitative estimate of drug-likeness (QED) is 0.305. The number of carbonyl (C=O) groups is 2. The molecule has 0 unspecified atom stereocenters. The van der Waals surface area contributed by atoms with E-state index >= 15 is 0 Å². The van der Waals surface area contributed by atoms with Crippen molar-refractivity contribution in [3.8, 4) is 5.75 Å². The Kier molecular flexibility index (Phi) is 7.86. The number of thioether (sulfide) groups is 1. The summed E-state index contributed by atoms with van der Waals surface area (Å²) in [5, 5.41) is 10.6. The van der Waals surface area contributed by atoms with Crippen LogP contribution in [0.15, 0.2) is 75.0 Å². The number of hydrogen-bond donors (Lipinski definition) is 1. The fourth-order valence-corrected chi connectivity index (χ4v) is 4.96. The zero-order chi connectivity index (χ0) is 25.1. The van der Waals surface area contributed by atoms with Crippen LogP contribution in [0, 0.1) is 0 Å². The van der Waals surface area contributed by atoms with E-state index in [9.17, 15) is 9.59 Å². The normalized spacial score (nSPS) is 15.8. The minimum absolute atomic E-state index is 0.167. The monoisotopic (exact) mass is 590 g/mol. The molecule has 0 saturated carbocycles. The van der Waals surface area contributed by atoms with Gasteiger partial charge in [-0.05, 0) is 72.4 Å². The van der Waals surface area contributed by atoms with Gasteiger partial charge in [0.2, 0.25) is 0 Å². The van der Waals surface area contributed by atoms with E-state index in [0.29, 0.717) is 37.1 Å². The highest BCUT2D eigenvalue weighted by molar-refractivity contribution is 9.10. The molecule has 0 spiro atoms. The average molecular weight is 592 g/mol. The Bertz CT molecular complexity index is 1380. The van der Waals surface area contributed by atoms with Crippen molar-refractivity contribution in [2.45, 2.75) is 6.61 Å². The highest BCUT2D eigenvalue weighted by Crippen LogP contribution is 2.36. The van der Waals surface area contributed by atoms with Crippen LogP contribution in [-0.2, 0) is 11.4 Å². The molecule has 3 aromatic carbocycles. The summed E-state index contributed by atoms with van der Waals surface area (Å²) in [5.41, 5.74) is 2.21. The molecule has 178 valence electrons. The second kappa shape index (κ2) is 10.9. The molecule has 3 aromatic rings. The van der Waals surface area contributed by atoms with E-state index in [1.807, 2.05) is 18.2 Å². The van der Waals surface area contributed by atoms with Crippen molar-refractivity contribution in [3.63, 3.8) is 0 Å². The summed E-state index contributed by atoms with van der Waals surface area (Å²) < 4.78 is 6.85. The van der Waals surface area contributed by atoms with Crippen molar-refractivity contribution in [3.05, 3.63) is 96.8 Å². The molecule has 4 rings (SSSR count). The Balaban J connectivity index is 1.58. The van der Waals surface area contributed by atoms with Crippen LogP contribution in [0.1, 0.15) is 21.5 Å². The number of amidine groups is 1. The van der Waals surface area contributed by atoms with Gasteiger partial charge < -0.3 is 9.84 Å². The van der Waals surface area contributed by atoms with Crippen molar-refractivity contribution >= 4 is 79.7 Å². The third-order valence-corrected chi connectivity index (χ3v) is 7.14. The predicted octanol–water partition coefficient (Wildman–Crippen LogP) is 7.27. The number of aliphatic imine (C=N–C) groups is 1. The SMILES string of the molecule is CN1C(=O)/C(=C\c2cc(Br)ccc2OCc2ccc(Cl)cc2Cl)SC1=Nc1ccc(C(=O)O)cc1. The first-order chi connectivity index (χ1) is 16.7. The number of likely N-dealkylation sites (N-methyl/N-ethyl adjacent to an activating group) is 1. The molecule has 1 fully saturated rings. The number of ether oxygens (including phenoxy) is 1. The van der Waals surface area contributed by atoms with E-state index in [2.05, 4.69) is 20.9 Å². The van der Waals surface area contributed by atoms with Gasteiger partial charge in [-0.2, -0.15) is 0 Å². The number of amides is 1. The number of carboxylic acid groups (broad SMARTS) is 1. The Morgan fingerprint density at radius 1 is 1.14 bits per heavy atom. The molecular formula is C25H17BrCl2N2O4S. The number of rotatable bonds is 6. The molecule has 1 saturated heterocycles. The first-order valence-electron chi connectivity index (χ1n) is 10.2. The van der Waals surface area contributed by atoms with E-state index in [1.165, 1.54) is 28.8 Å². The highest BCUT2D eigenvalue weighted by atomic mass is 79.9. The maximum atomic E-state index is 12.9. The van der Waals surface area contributed by atoms with Gasteiger partial charge in [-0.1, -0.05) is 45.2 Å². The number of halogens is 3. The summed E-state index contributed by atoms with van der Waals surface area (Å²) in [6.07, 6.45) is 1.75. The van der Waals surface area contributed by atoms with Crippen LogP contribution in [-0.4, -0.2) is 34.1 Å². The van der Waals surface area contributed by atoms with Gasteiger partial charge in [0.15, 0.2) is 5.17 Å². The third kappa shape index (κ3) is 6.08. The smallest absolute Gasteiger partial charge is 0.335 e. The van der Waals surface area contributed by atoms with Gasteiger partial charge in [-0.15, -0.1) is 0 Å². The lowest BCUT2D eigenvalue weighted by atomic mass is 10.1. The Hall–Kier alpha value is -2.78. The van der Waals surface area contributed by atoms with Gasteiger partial charge in [0.25, 0.3) is 5.91 Å². The number of benzene rings is 3. The molecule has 10 heteroatoms. The van der Waals surface area contributed by atoms with Crippen molar-refractivity contribution in [1.29, 1.82) is 0 Å². The zero-order valence-corrected chi connectivity index (χ0v) is 22.1.